The van der Waals surface area contributed by atoms with Gasteiger partial charge < -0.3 is 9.88 Å². The third-order valence-corrected chi connectivity index (χ3v) is 5.78. The lowest BCUT2D eigenvalue weighted by molar-refractivity contribution is 0.238. The van der Waals surface area contributed by atoms with Crippen LogP contribution in [0.15, 0.2) is 4.79 Å². The van der Waals surface area contributed by atoms with Gasteiger partial charge in [-0.15, -0.1) is 0 Å². The topological polar surface area (TPSA) is 80.9 Å². The van der Waals surface area contributed by atoms with Gasteiger partial charge in [-0.25, -0.2) is 9.97 Å². The van der Waals surface area contributed by atoms with Crippen molar-refractivity contribution in [2.45, 2.75) is 58.5 Å². The van der Waals surface area contributed by atoms with E-state index in [4.69, 9.17) is 16.6 Å². The van der Waals surface area contributed by atoms with Crippen molar-refractivity contribution < 1.29 is 0 Å². The van der Waals surface area contributed by atoms with Crippen molar-refractivity contribution in [1.82, 2.24) is 24.8 Å². The van der Waals surface area contributed by atoms with Crippen molar-refractivity contribution in [2.75, 3.05) is 24.5 Å². The lowest BCUT2D eigenvalue weighted by Crippen LogP contribution is -2.36. The molecule has 2 aliphatic rings. The lowest BCUT2D eigenvalue weighted by atomic mass is 10.1. The molecule has 1 fully saturated rings. The number of aryl methyl sites for hydroxylation is 1. The summed E-state index contributed by atoms with van der Waals surface area (Å²) in [6, 6.07) is 0. The molecular formula is C19H27ClN6O. The number of aromatic nitrogens is 4. The van der Waals surface area contributed by atoms with Crippen LogP contribution in [0, 0.1) is 0 Å². The number of anilines is 1. The van der Waals surface area contributed by atoms with Crippen LogP contribution in [0.3, 0.4) is 0 Å². The van der Waals surface area contributed by atoms with Gasteiger partial charge in [-0.3, -0.25) is 14.7 Å². The lowest BCUT2D eigenvalue weighted by Gasteiger charge is -2.28. The van der Waals surface area contributed by atoms with E-state index in [1.165, 1.54) is 0 Å². The second kappa shape index (κ2) is 8.02. The number of imidazole rings is 1. The van der Waals surface area contributed by atoms with Crippen molar-refractivity contribution in [1.29, 1.82) is 0 Å². The number of hydrogen-bond acceptors (Lipinski definition) is 5. The average molecular weight is 391 g/mol. The van der Waals surface area contributed by atoms with Gasteiger partial charge in [0.2, 0.25) is 5.95 Å². The maximum Gasteiger partial charge on any atom is 0.255 e. The van der Waals surface area contributed by atoms with Crippen molar-refractivity contribution in [2.24, 2.45) is 0 Å². The van der Waals surface area contributed by atoms with Crippen molar-refractivity contribution in [3.8, 4) is 0 Å². The Hall–Kier alpha value is -1.86. The SMILES string of the molecule is CCCCc1nc(Cl)c(CN2CCc3c(nc(N4CCCC4)[nH]c3=O)C2)[nH]1. The van der Waals surface area contributed by atoms with Gasteiger partial charge in [-0.2, -0.15) is 0 Å². The molecule has 0 amide bonds. The van der Waals surface area contributed by atoms with E-state index in [1.807, 2.05) is 0 Å². The number of hydrogen-bond donors (Lipinski definition) is 2. The van der Waals surface area contributed by atoms with Gasteiger partial charge in [0.05, 0.1) is 11.4 Å². The molecule has 2 aromatic heterocycles. The van der Waals surface area contributed by atoms with E-state index >= 15 is 0 Å². The molecule has 8 heteroatoms. The molecule has 1 saturated heterocycles. The van der Waals surface area contributed by atoms with E-state index in [1.54, 1.807) is 0 Å². The molecule has 0 unspecified atom stereocenters. The first kappa shape index (κ1) is 18.5. The maximum atomic E-state index is 12.5. The van der Waals surface area contributed by atoms with Crippen LogP contribution in [0.5, 0.6) is 0 Å². The second-order valence-electron chi connectivity index (χ2n) is 7.53. The molecule has 2 N–H and O–H groups in total. The van der Waals surface area contributed by atoms with E-state index in [-0.39, 0.29) is 5.56 Å². The van der Waals surface area contributed by atoms with Crippen LogP contribution in [0.1, 0.15) is 55.4 Å². The number of rotatable bonds is 6. The third kappa shape index (κ3) is 4.04. The highest BCUT2D eigenvalue weighted by molar-refractivity contribution is 6.30. The van der Waals surface area contributed by atoms with Crippen LogP contribution in [-0.4, -0.2) is 44.5 Å². The van der Waals surface area contributed by atoms with E-state index < -0.39 is 0 Å². The number of unbranched alkanes of at least 4 members (excludes halogenated alkanes) is 1. The van der Waals surface area contributed by atoms with Gasteiger partial charge in [-0.05, 0) is 25.7 Å². The highest BCUT2D eigenvalue weighted by atomic mass is 35.5. The first-order valence-corrected chi connectivity index (χ1v) is 10.3. The fraction of sp³-hybridized carbons (Fsp3) is 0.632. The minimum Gasteiger partial charge on any atom is -0.344 e. The van der Waals surface area contributed by atoms with Crippen molar-refractivity contribution in [3.63, 3.8) is 0 Å². The standard InChI is InChI=1S/C19H27ClN6O/c1-2-3-6-16-21-15(17(20)23-16)12-25-10-7-13-14(11-25)22-19(24-18(13)27)26-8-4-5-9-26/h2-12H2,1H3,(H,21,23)(H,22,24,27). The van der Waals surface area contributed by atoms with Crippen LogP contribution in [0.2, 0.25) is 5.15 Å². The molecule has 4 heterocycles. The fourth-order valence-corrected chi connectivity index (χ4v) is 4.13. The summed E-state index contributed by atoms with van der Waals surface area (Å²) in [4.78, 5) is 32.5. The normalized spacial score (nSPS) is 17.5. The monoisotopic (exact) mass is 390 g/mol. The molecular weight excluding hydrogens is 364 g/mol. The zero-order valence-corrected chi connectivity index (χ0v) is 16.6. The van der Waals surface area contributed by atoms with E-state index in [2.05, 4.69) is 31.7 Å². The predicted molar refractivity (Wildman–Crippen MR) is 106 cm³/mol. The zero-order chi connectivity index (χ0) is 18.8. The van der Waals surface area contributed by atoms with Crippen LogP contribution in [0.4, 0.5) is 5.95 Å². The number of nitrogens with one attached hydrogen (secondary N) is 2. The van der Waals surface area contributed by atoms with Crippen LogP contribution < -0.4 is 10.5 Å². The smallest absolute Gasteiger partial charge is 0.255 e. The number of halogens is 1. The minimum atomic E-state index is 0.0166. The Labute approximate surface area is 164 Å². The van der Waals surface area contributed by atoms with E-state index in [0.29, 0.717) is 24.7 Å². The summed E-state index contributed by atoms with van der Waals surface area (Å²) in [6.45, 7) is 6.29. The molecule has 0 atom stereocenters. The van der Waals surface area contributed by atoms with E-state index in [0.717, 1.165) is 80.5 Å². The van der Waals surface area contributed by atoms with Gasteiger partial charge in [0.15, 0.2) is 5.15 Å². The molecule has 0 bridgehead atoms. The van der Waals surface area contributed by atoms with E-state index in [9.17, 15) is 4.79 Å². The molecule has 2 aromatic rings. The van der Waals surface area contributed by atoms with Gasteiger partial charge in [0.25, 0.3) is 5.56 Å². The maximum absolute atomic E-state index is 12.5. The molecule has 4 rings (SSSR count). The van der Waals surface area contributed by atoms with Gasteiger partial charge in [-0.1, -0.05) is 24.9 Å². The zero-order valence-electron chi connectivity index (χ0n) is 15.9. The molecule has 0 saturated carbocycles. The number of H-pyrrole nitrogens is 2. The largest absolute Gasteiger partial charge is 0.344 e. The highest BCUT2D eigenvalue weighted by Crippen LogP contribution is 2.22. The summed E-state index contributed by atoms with van der Waals surface area (Å²) in [6.07, 6.45) is 6.20. The molecule has 0 radical (unpaired) electrons. The summed E-state index contributed by atoms with van der Waals surface area (Å²) in [5.74, 6) is 1.68. The summed E-state index contributed by atoms with van der Waals surface area (Å²) in [5.41, 5.74) is 2.70. The summed E-state index contributed by atoms with van der Waals surface area (Å²) in [7, 11) is 0. The molecule has 27 heavy (non-hydrogen) atoms. The molecule has 0 aliphatic carbocycles. The highest BCUT2D eigenvalue weighted by Gasteiger charge is 2.24. The Morgan fingerprint density at radius 3 is 2.74 bits per heavy atom. The predicted octanol–water partition coefficient (Wildman–Crippen LogP) is 2.65. The van der Waals surface area contributed by atoms with Crippen molar-refractivity contribution in [3.05, 3.63) is 38.3 Å². The molecule has 7 nitrogen and oxygen atoms in total. The Morgan fingerprint density at radius 2 is 1.96 bits per heavy atom. The number of fused-ring (bicyclic) bond motifs is 1. The average Bonchev–Trinajstić information content (AvgIpc) is 3.30. The number of aromatic amines is 2. The summed E-state index contributed by atoms with van der Waals surface area (Å²) < 4.78 is 0. The first-order valence-electron chi connectivity index (χ1n) is 9.96. The Morgan fingerprint density at radius 1 is 1.15 bits per heavy atom. The minimum absolute atomic E-state index is 0.0166. The molecule has 0 aromatic carbocycles. The van der Waals surface area contributed by atoms with Crippen LogP contribution >= 0.6 is 11.6 Å². The van der Waals surface area contributed by atoms with Gasteiger partial charge >= 0.3 is 0 Å². The first-order chi connectivity index (χ1) is 13.1. The Bertz CT molecular complexity index is 854. The van der Waals surface area contributed by atoms with Gasteiger partial charge in [0.1, 0.15) is 5.82 Å². The fourth-order valence-electron chi connectivity index (χ4n) is 3.93. The molecule has 2 aliphatic heterocycles. The second-order valence-corrected chi connectivity index (χ2v) is 7.88. The quantitative estimate of drug-likeness (QED) is 0.792. The summed E-state index contributed by atoms with van der Waals surface area (Å²) >= 11 is 6.33. The summed E-state index contributed by atoms with van der Waals surface area (Å²) in [5, 5.41) is 0.559. The molecule has 0 spiro atoms. The third-order valence-electron chi connectivity index (χ3n) is 5.47. The van der Waals surface area contributed by atoms with Gasteiger partial charge in [0, 0.05) is 44.7 Å². The van der Waals surface area contributed by atoms with Crippen LogP contribution in [0.25, 0.3) is 0 Å². The van der Waals surface area contributed by atoms with Crippen molar-refractivity contribution >= 4 is 17.5 Å². The molecule has 146 valence electrons. The van der Waals surface area contributed by atoms with Crippen LogP contribution in [-0.2, 0) is 25.9 Å². The Balaban J connectivity index is 1.49. The Kier molecular flexibility index (Phi) is 5.50. The number of nitrogens with zero attached hydrogens (tertiary/aromatic N) is 4.